The second-order valence-corrected chi connectivity index (χ2v) is 6.92. The van der Waals surface area contributed by atoms with Crippen molar-refractivity contribution in [2.75, 3.05) is 11.9 Å². The van der Waals surface area contributed by atoms with Crippen LogP contribution in [0.25, 0.3) is 0 Å². The molecule has 134 valence electrons. The van der Waals surface area contributed by atoms with Crippen LogP contribution in [0.5, 0.6) is 0 Å². The third-order valence-corrected chi connectivity index (χ3v) is 4.96. The first-order valence-electron chi connectivity index (χ1n) is 8.69. The summed E-state index contributed by atoms with van der Waals surface area (Å²) < 4.78 is 0. The third kappa shape index (κ3) is 4.08. The average Bonchev–Trinajstić information content (AvgIpc) is 3.00. The van der Waals surface area contributed by atoms with Gasteiger partial charge >= 0.3 is 0 Å². The fourth-order valence-electron chi connectivity index (χ4n) is 3.60. The van der Waals surface area contributed by atoms with Crippen LogP contribution < -0.4 is 10.6 Å². The molecule has 0 bridgehead atoms. The molecular formula is C18H25ClN6. The van der Waals surface area contributed by atoms with E-state index in [1.165, 1.54) is 18.4 Å². The molecule has 2 atom stereocenters. The molecule has 0 unspecified atom stereocenters. The van der Waals surface area contributed by atoms with Gasteiger partial charge in [-0.3, -0.25) is 9.88 Å². The summed E-state index contributed by atoms with van der Waals surface area (Å²) in [4.78, 5) is 16.0. The summed E-state index contributed by atoms with van der Waals surface area (Å²) in [6, 6.07) is 5.23. The number of hydrogen-bond acceptors (Lipinski definition) is 6. The summed E-state index contributed by atoms with van der Waals surface area (Å²) in [6.07, 6.45) is 6.21. The Morgan fingerprint density at radius 2 is 2.08 bits per heavy atom. The van der Waals surface area contributed by atoms with Crippen molar-refractivity contribution >= 4 is 24.0 Å². The van der Waals surface area contributed by atoms with Gasteiger partial charge in [-0.25, -0.2) is 9.97 Å². The molecule has 2 aliphatic heterocycles. The highest BCUT2D eigenvalue weighted by molar-refractivity contribution is 5.85. The van der Waals surface area contributed by atoms with E-state index in [0.717, 1.165) is 36.7 Å². The molecule has 0 amide bonds. The fraction of sp³-hybridized carbons (Fsp3) is 0.500. The van der Waals surface area contributed by atoms with Crippen LogP contribution in [0, 0.1) is 6.92 Å². The van der Waals surface area contributed by atoms with E-state index in [2.05, 4.69) is 32.4 Å². The van der Waals surface area contributed by atoms with E-state index in [1.807, 2.05) is 31.5 Å². The lowest BCUT2D eigenvalue weighted by Crippen LogP contribution is -2.45. The minimum Gasteiger partial charge on any atom is -0.323 e. The molecule has 0 aromatic carbocycles. The summed E-state index contributed by atoms with van der Waals surface area (Å²) in [5.74, 6) is 0.653. The molecule has 1 fully saturated rings. The molecule has 0 aliphatic carbocycles. The Morgan fingerprint density at radius 1 is 1.20 bits per heavy atom. The van der Waals surface area contributed by atoms with E-state index >= 15 is 0 Å². The number of fused-ring (bicyclic) bond motifs is 1. The van der Waals surface area contributed by atoms with E-state index in [9.17, 15) is 0 Å². The number of nitrogens with one attached hydrogen (secondary N) is 2. The van der Waals surface area contributed by atoms with E-state index < -0.39 is 0 Å². The Balaban J connectivity index is 0.00000182. The third-order valence-electron chi connectivity index (χ3n) is 4.96. The Hall–Kier alpha value is -1.76. The number of aromatic nitrogens is 3. The Morgan fingerprint density at radius 3 is 2.84 bits per heavy atom. The van der Waals surface area contributed by atoms with Crippen molar-refractivity contribution < 1.29 is 0 Å². The number of rotatable bonds is 3. The standard InChI is InChI=1S/C18H24N6.ClH/c1-12-3-4-15(9-20-12)22-18-21-8-14-10-24(11-17(14)23-18)16-5-6-19-13(2)7-16;/h3-4,8-9,13,16,19H,5-7,10-11H2,1-2H3,(H,21,22,23);1H/t13-,16-;/m1./s1. The molecule has 6 nitrogen and oxygen atoms in total. The van der Waals surface area contributed by atoms with Gasteiger partial charge in [0, 0.05) is 42.6 Å². The molecule has 0 radical (unpaired) electrons. The minimum absolute atomic E-state index is 0. The zero-order valence-corrected chi connectivity index (χ0v) is 15.5. The molecule has 2 aromatic rings. The van der Waals surface area contributed by atoms with Gasteiger partial charge in [0.2, 0.25) is 5.95 Å². The quantitative estimate of drug-likeness (QED) is 0.877. The van der Waals surface area contributed by atoms with Crippen LogP contribution in [0.2, 0.25) is 0 Å². The molecular weight excluding hydrogens is 336 g/mol. The van der Waals surface area contributed by atoms with Crippen molar-refractivity contribution in [1.82, 2.24) is 25.2 Å². The fourth-order valence-corrected chi connectivity index (χ4v) is 3.60. The van der Waals surface area contributed by atoms with Crippen LogP contribution in [0.3, 0.4) is 0 Å². The molecule has 0 saturated carbocycles. The molecule has 2 aromatic heterocycles. The smallest absolute Gasteiger partial charge is 0.227 e. The highest BCUT2D eigenvalue weighted by Crippen LogP contribution is 2.27. The molecule has 0 spiro atoms. The Bertz CT molecular complexity index is 720. The van der Waals surface area contributed by atoms with Gasteiger partial charge in [0.25, 0.3) is 0 Å². The predicted octanol–water partition coefficient (Wildman–Crippen LogP) is 2.80. The first-order valence-corrected chi connectivity index (χ1v) is 8.69. The first kappa shape index (κ1) is 18.0. The lowest BCUT2D eigenvalue weighted by molar-refractivity contribution is 0.146. The zero-order valence-electron chi connectivity index (χ0n) is 14.7. The van der Waals surface area contributed by atoms with E-state index in [4.69, 9.17) is 4.98 Å². The molecule has 4 rings (SSSR count). The number of nitrogens with zero attached hydrogens (tertiary/aromatic N) is 4. The molecule has 7 heteroatoms. The topological polar surface area (TPSA) is 66.0 Å². The lowest BCUT2D eigenvalue weighted by Gasteiger charge is -2.34. The number of aryl methyl sites for hydroxylation is 1. The van der Waals surface area contributed by atoms with Gasteiger partial charge < -0.3 is 10.6 Å². The lowest BCUT2D eigenvalue weighted by atomic mass is 9.99. The van der Waals surface area contributed by atoms with Crippen LogP contribution in [-0.4, -0.2) is 38.5 Å². The van der Waals surface area contributed by atoms with Gasteiger partial charge in [0.15, 0.2) is 0 Å². The van der Waals surface area contributed by atoms with Crippen molar-refractivity contribution in [1.29, 1.82) is 0 Å². The first-order chi connectivity index (χ1) is 11.7. The molecule has 1 saturated heterocycles. The van der Waals surface area contributed by atoms with Gasteiger partial charge in [0.05, 0.1) is 17.6 Å². The van der Waals surface area contributed by atoms with Gasteiger partial charge in [-0.2, -0.15) is 0 Å². The maximum atomic E-state index is 4.73. The minimum atomic E-state index is 0. The molecule has 4 heterocycles. The summed E-state index contributed by atoms with van der Waals surface area (Å²) in [7, 11) is 0. The van der Waals surface area contributed by atoms with Gasteiger partial charge in [-0.15, -0.1) is 12.4 Å². The van der Waals surface area contributed by atoms with Crippen molar-refractivity contribution in [3.8, 4) is 0 Å². The number of piperidine rings is 1. The largest absolute Gasteiger partial charge is 0.323 e. The van der Waals surface area contributed by atoms with Gasteiger partial charge in [-0.1, -0.05) is 0 Å². The second-order valence-electron chi connectivity index (χ2n) is 6.92. The normalized spacial score (nSPS) is 23.0. The van der Waals surface area contributed by atoms with Crippen LogP contribution in [0.4, 0.5) is 11.6 Å². The Labute approximate surface area is 154 Å². The molecule has 2 aliphatic rings. The van der Waals surface area contributed by atoms with E-state index in [0.29, 0.717) is 18.0 Å². The summed E-state index contributed by atoms with van der Waals surface area (Å²) >= 11 is 0. The second kappa shape index (κ2) is 7.64. The maximum Gasteiger partial charge on any atom is 0.227 e. The van der Waals surface area contributed by atoms with Crippen molar-refractivity contribution in [3.05, 3.63) is 41.5 Å². The van der Waals surface area contributed by atoms with Gasteiger partial charge in [-0.05, 0) is 45.4 Å². The SMILES string of the molecule is Cc1ccc(Nc2ncc3c(n2)CN([C@@H]2CCN[C@H](C)C2)C3)cn1.Cl. The van der Waals surface area contributed by atoms with Crippen molar-refractivity contribution in [3.63, 3.8) is 0 Å². The van der Waals surface area contributed by atoms with Crippen LogP contribution in [0.15, 0.2) is 24.5 Å². The maximum absolute atomic E-state index is 4.73. The number of anilines is 2. The summed E-state index contributed by atoms with van der Waals surface area (Å²) in [6.45, 7) is 7.26. The number of halogens is 1. The Kier molecular flexibility index (Phi) is 5.51. The predicted molar refractivity (Wildman–Crippen MR) is 101 cm³/mol. The highest BCUT2D eigenvalue weighted by atomic mass is 35.5. The summed E-state index contributed by atoms with van der Waals surface area (Å²) in [5, 5.41) is 6.78. The highest BCUT2D eigenvalue weighted by Gasteiger charge is 2.30. The zero-order chi connectivity index (χ0) is 16.5. The number of pyridine rings is 1. The van der Waals surface area contributed by atoms with Crippen molar-refractivity contribution in [2.45, 2.75) is 51.9 Å². The van der Waals surface area contributed by atoms with E-state index in [-0.39, 0.29) is 12.4 Å². The monoisotopic (exact) mass is 360 g/mol. The van der Waals surface area contributed by atoms with Crippen LogP contribution in [0.1, 0.15) is 36.7 Å². The number of hydrogen-bond donors (Lipinski definition) is 2. The van der Waals surface area contributed by atoms with Crippen molar-refractivity contribution in [2.24, 2.45) is 0 Å². The van der Waals surface area contributed by atoms with Crippen LogP contribution in [-0.2, 0) is 13.1 Å². The average molecular weight is 361 g/mol. The van der Waals surface area contributed by atoms with E-state index in [1.54, 1.807) is 0 Å². The van der Waals surface area contributed by atoms with Crippen LogP contribution >= 0.6 is 12.4 Å². The van der Waals surface area contributed by atoms with Gasteiger partial charge in [0.1, 0.15) is 0 Å². The molecule has 25 heavy (non-hydrogen) atoms. The summed E-state index contributed by atoms with van der Waals surface area (Å²) in [5.41, 5.74) is 4.33. The molecule has 2 N–H and O–H groups in total.